The zero-order chi connectivity index (χ0) is 27.2. The van der Waals surface area contributed by atoms with Crippen LogP contribution < -0.4 is 10.6 Å². The quantitative estimate of drug-likeness (QED) is 0.247. The smallest absolute Gasteiger partial charge is 0.123 e. The molecule has 2 bridgehead atoms. The first kappa shape index (κ1) is 25.3. The minimum absolute atomic E-state index is 0.296. The normalized spacial score (nSPS) is 23.0. The highest BCUT2D eigenvalue weighted by Crippen LogP contribution is 2.42. The van der Waals surface area contributed by atoms with Crippen LogP contribution in [0.5, 0.6) is 0 Å². The molecule has 3 unspecified atom stereocenters. The predicted octanol–water partition coefficient (Wildman–Crippen LogP) is 7.41. The Balaban J connectivity index is 1.26. The summed E-state index contributed by atoms with van der Waals surface area (Å²) in [5.74, 6) is 1.21. The highest BCUT2D eigenvalue weighted by atomic mass is 35.5. The van der Waals surface area contributed by atoms with Crippen LogP contribution in [0.2, 0.25) is 5.02 Å². The summed E-state index contributed by atoms with van der Waals surface area (Å²) >= 11 is 6.81. The number of nitrogens with zero attached hydrogens (tertiary/aromatic N) is 5. The Morgan fingerprint density at radius 1 is 1.05 bits per heavy atom. The molecule has 3 fully saturated rings. The maximum Gasteiger partial charge on any atom is 0.123 e. The van der Waals surface area contributed by atoms with Crippen LogP contribution in [0.3, 0.4) is 0 Å². The van der Waals surface area contributed by atoms with Crippen LogP contribution in [0.15, 0.2) is 48.8 Å². The molecule has 0 aliphatic heterocycles. The van der Waals surface area contributed by atoms with E-state index in [4.69, 9.17) is 11.6 Å². The largest absolute Gasteiger partial charge is 0.381 e. The van der Waals surface area contributed by atoms with Gasteiger partial charge in [0.1, 0.15) is 17.6 Å². The summed E-state index contributed by atoms with van der Waals surface area (Å²) in [4.78, 5) is 4.55. The molecule has 4 aromatic rings. The van der Waals surface area contributed by atoms with Crippen LogP contribution in [0.1, 0.15) is 80.3 Å². The monoisotopic (exact) mass is 555 g/mol. The lowest BCUT2D eigenvalue weighted by Crippen LogP contribution is -2.34. The second-order valence-corrected chi connectivity index (χ2v) is 12.1. The van der Waals surface area contributed by atoms with Crippen molar-refractivity contribution in [2.75, 3.05) is 10.6 Å². The molecule has 0 spiro atoms. The van der Waals surface area contributed by atoms with Crippen molar-refractivity contribution in [3.05, 3.63) is 76.5 Å². The number of pyridine rings is 1. The van der Waals surface area contributed by atoms with E-state index in [1.54, 1.807) is 18.3 Å². The van der Waals surface area contributed by atoms with Gasteiger partial charge in [-0.25, -0.2) is 9.07 Å². The molecule has 7 rings (SSSR count). The van der Waals surface area contributed by atoms with E-state index in [0.717, 1.165) is 65.5 Å². The topological polar surface area (TPSA) is 91.5 Å². The zero-order valence-electron chi connectivity index (χ0n) is 22.2. The fraction of sp³-hybridized carbons (Fsp3) is 0.419. The first-order valence-corrected chi connectivity index (χ1v) is 14.6. The van der Waals surface area contributed by atoms with Crippen molar-refractivity contribution in [3.63, 3.8) is 0 Å². The molecule has 9 heteroatoms. The first-order valence-electron chi connectivity index (χ1n) is 14.3. The molecule has 2 N–H and O–H groups in total. The number of nitrogens with one attached hydrogen (secondary N) is 2. The van der Waals surface area contributed by atoms with Crippen molar-refractivity contribution in [1.29, 1.82) is 5.26 Å². The van der Waals surface area contributed by atoms with Crippen molar-refractivity contribution in [3.8, 4) is 6.07 Å². The van der Waals surface area contributed by atoms with Gasteiger partial charge in [0, 0.05) is 23.3 Å². The maximum atomic E-state index is 13.8. The molecule has 3 atom stereocenters. The third kappa shape index (κ3) is 4.99. The fourth-order valence-corrected chi connectivity index (χ4v) is 6.99. The van der Waals surface area contributed by atoms with E-state index in [1.807, 2.05) is 23.0 Å². The van der Waals surface area contributed by atoms with Gasteiger partial charge in [0.2, 0.25) is 0 Å². The standard InChI is InChI=1S/C31H31ClFN7/c32-27-14-24(37-30(20-4-6-22(33)7-5-20)28-17-40(39-38-28)25-8-9-25)13-26-29(21(15-34)16-35-31(26)27)36-23-11-18-2-1-3-19(10-18)12-23/h4-7,13-14,16-19,23,25,30,37H,1-3,8-12H2,(H,35,36). The molecule has 0 radical (unpaired) electrons. The van der Waals surface area contributed by atoms with Crippen molar-refractivity contribution in [2.24, 2.45) is 11.8 Å². The van der Waals surface area contributed by atoms with Gasteiger partial charge in [0.05, 0.1) is 40.1 Å². The third-order valence-electron chi connectivity index (χ3n) is 8.78. The summed E-state index contributed by atoms with van der Waals surface area (Å²) in [6.45, 7) is 0. The van der Waals surface area contributed by atoms with Crippen LogP contribution in [0.25, 0.3) is 10.9 Å². The molecule has 0 amide bonds. The maximum absolute atomic E-state index is 13.8. The molecule has 3 aliphatic carbocycles. The highest BCUT2D eigenvalue weighted by molar-refractivity contribution is 6.35. The molecule has 204 valence electrons. The van der Waals surface area contributed by atoms with Gasteiger partial charge in [-0.1, -0.05) is 48.2 Å². The average Bonchev–Trinajstić information content (AvgIpc) is 3.69. The van der Waals surface area contributed by atoms with Gasteiger partial charge >= 0.3 is 0 Å². The SMILES string of the molecule is N#Cc1cnc2c(Cl)cc(NC(c3ccc(F)cc3)c3cn(C4CC4)nn3)cc2c1NC1CC2CCCC(C2)C1. The molecule has 2 heterocycles. The molecule has 7 nitrogen and oxygen atoms in total. The molecule has 2 aromatic heterocycles. The number of hydrogen-bond acceptors (Lipinski definition) is 6. The van der Waals surface area contributed by atoms with E-state index >= 15 is 0 Å². The molecular formula is C31H31ClFN7. The third-order valence-corrected chi connectivity index (χ3v) is 9.07. The van der Waals surface area contributed by atoms with Gasteiger partial charge < -0.3 is 10.6 Å². The van der Waals surface area contributed by atoms with E-state index in [9.17, 15) is 9.65 Å². The van der Waals surface area contributed by atoms with Crippen molar-refractivity contribution < 1.29 is 4.39 Å². The summed E-state index contributed by atoms with van der Waals surface area (Å²) in [5, 5.41) is 27.4. The summed E-state index contributed by atoms with van der Waals surface area (Å²) in [6.07, 6.45) is 13.3. The van der Waals surface area contributed by atoms with Gasteiger partial charge in [-0.05, 0) is 73.8 Å². The minimum atomic E-state index is -0.372. The molecule has 40 heavy (non-hydrogen) atoms. The van der Waals surface area contributed by atoms with Crippen molar-refractivity contribution >= 4 is 33.9 Å². The van der Waals surface area contributed by atoms with E-state index in [0.29, 0.717) is 28.2 Å². The highest BCUT2D eigenvalue weighted by Gasteiger charge is 2.32. The Hall–Kier alpha value is -3.70. The van der Waals surface area contributed by atoms with E-state index in [2.05, 4.69) is 32.0 Å². The van der Waals surface area contributed by atoms with Gasteiger partial charge in [-0.3, -0.25) is 4.98 Å². The second kappa shape index (κ2) is 10.4. The van der Waals surface area contributed by atoms with Crippen LogP contribution in [-0.4, -0.2) is 26.0 Å². The molecule has 3 saturated carbocycles. The van der Waals surface area contributed by atoms with Gasteiger partial charge in [0.15, 0.2) is 0 Å². The summed E-state index contributed by atoms with van der Waals surface area (Å²) in [6, 6.07) is 13.0. The molecule has 0 saturated heterocycles. The van der Waals surface area contributed by atoms with Gasteiger partial charge in [0.25, 0.3) is 0 Å². The lowest BCUT2D eigenvalue weighted by Gasteiger charge is -2.39. The number of rotatable bonds is 7. The Morgan fingerprint density at radius 2 is 1.82 bits per heavy atom. The Morgan fingerprint density at radius 3 is 2.55 bits per heavy atom. The molecule has 3 aliphatic rings. The predicted molar refractivity (Wildman–Crippen MR) is 154 cm³/mol. The van der Waals surface area contributed by atoms with Crippen LogP contribution in [-0.2, 0) is 0 Å². The number of nitriles is 1. The Labute approximate surface area is 237 Å². The lowest BCUT2D eigenvalue weighted by atomic mass is 9.70. The number of anilines is 2. The average molecular weight is 556 g/mol. The number of aromatic nitrogens is 4. The number of halogens is 2. The number of fused-ring (bicyclic) bond motifs is 3. The van der Waals surface area contributed by atoms with Crippen molar-refractivity contribution in [1.82, 2.24) is 20.0 Å². The van der Waals surface area contributed by atoms with Gasteiger partial charge in [-0.15, -0.1) is 5.10 Å². The number of benzene rings is 2. The number of hydrogen-bond donors (Lipinski definition) is 2. The Kier molecular flexibility index (Phi) is 6.55. The summed E-state index contributed by atoms with van der Waals surface area (Å²) in [5.41, 5.74) is 4.32. The van der Waals surface area contributed by atoms with Gasteiger partial charge in [-0.2, -0.15) is 5.26 Å². The lowest BCUT2D eigenvalue weighted by molar-refractivity contribution is 0.178. The van der Waals surface area contributed by atoms with E-state index in [1.165, 1.54) is 37.8 Å². The van der Waals surface area contributed by atoms with Crippen LogP contribution in [0, 0.1) is 29.0 Å². The first-order chi connectivity index (χ1) is 19.5. The zero-order valence-corrected chi connectivity index (χ0v) is 22.9. The molecular weight excluding hydrogens is 525 g/mol. The summed E-state index contributed by atoms with van der Waals surface area (Å²) in [7, 11) is 0. The molecule has 2 aromatic carbocycles. The van der Waals surface area contributed by atoms with E-state index in [-0.39, 0.29) is 11.9 Å². The van der Waals surface area contributed by atoms with E-state index < -0.39 is 0 Å². The summed E-state index contributed by atoms with van der Waals surface area (Å²) < 4.78 is 15.7. The second-order valence-electron chi connectivity index (χ2n) is 11.7. The van der Waals surface area contributed by atoms with Crippen molar-refractivity contribution in [2.45, 2.75) is 69.5 Å². The minimum Gasteiger partial charge on any atom is -0.381 e. The van der Waals surface area contributed by atoms with Crippen LogP contribution >= 0.6 is 11.6 Å². The fourth-order valence-electron chi connectivity index (χ4n) is 6.73. The Bertz CT molecular complexity index is 1580. The van der Waals surface area contributed by atoms with Crippen LogP contribution in [0.4, 0.5) is 15.8 Å².